The van der Waals surface area contributed by atoms with E-state index in [0.717, 1.165) is 16.7 Å². The van der Waals surface area contributed by atoms with Gasteiger partial charge in [-0.05, 0) is 28.8 Å². The molecule has 0 bridgehead atoms. The number of benzene rings is 3. The number of nitrogens with zero attached hydrogens (tertiary/aromatic N) is 1. The molecule has 132 valence electrons. The highest BCUT2D eigenvalue weighted by atomic mass is 19.1. The normalized spacial score (nSPS) is 10.3. The van der Waals surface area contributed by atoms with Crippen LogP contribution < -0.4 is 5.32 Å². The quantitative estimate of drug-likeness (QED) is 0.686. The van der Waals surface area contributed by atoms with Crippen LogP contribution in [0.3, 0.4) is 0 Å². The van der Waals surface area contributed by atoms with E-state index < -0.39 is 0 Å². The molecule has 0 unspecified atom stereocenters. The molecule has 4 heteroatoms. The second kappa shape index (κ2) is 8.81. The van der Waals surface area contributed by atoms with Crippen LogP contribution in [0.5, 0.6) is 0 Å². The zero-order valence-electron chi connectivity index (χ0n) is 14.4. The zero-order chi connectivity index (χ0) is 18.2. The minimum Gasteiger partial charge on any atom is -0.334 e. The highest BCUT2D eigenvalue weighted by Crippen LogP contribution is 2.11. The van der Waals surface area contributed by atoms with Crippen LogP contribution in [-0.2, 0) is 19.6 Å². The van der Waals surface area contributed by atoms with Gasteiger partial charge in [0.1, 0.15) is 5.82 Å². The number of urea groups is 1. The summed E-state index contributed by atoms with van der Waals surface area (Å²) in [5.74, 6) is -0.304. The van der Waals surface area contributed by atoms with Gasteiger partial charge in [0.2, 0.25) is 0 Å². The fourth-order valence-electron chi connectivity index (χ4n) is 2.74. The average molecular weight is 348 g/mol. The summed E-state index contributed by atoms with van der Waals surface area (Å²) in [7, 11) is 0. The Kier molecular flexibility index (Phi) is 5.99. The summed E-state index contributed by atoms with van der Waals surface area (Å²) >= 11 is 0. The summed E-state index contributed by atoms with van der Waals surface area (Å²) in [6, 6.07) is 25.8. The highest BCUT2D eigenvalue weighted by molar-refractivity contribution is 5.74. The number of halogens is 1. The predicted molar refractivity (Wildman–Crippen MR) is 101 cm³/mol. The molecule has 0 aromatic heterocycles. The maximum atomic E-state index is 13.3. The number of amides is 2. The number of nitrogens with one attached hydrogen (secondary N) is 1. The van der Waals surface area contributed by atoms with Crippen molar-refractivity contribution in [2.24, 2.45) is 0 Å². The van der Waals surface area contributed by atoms with Gasteiger partial charge in [0.25, 0.3) is 0 Å². The predicted octanol–water partition coefficient (Wildman–Crippen LogP) is 4.74. The maximum Gasteiger partial charge on any atom is 0.318 e. The molecule has 0 heterocycles. The van der Waals surface area contributed by atoms with E-state index in [1.54, 1.807) is 17.0 Å². The van der Waals surface area contributed by atoms with Gasteiger partial charge in [0.15, 0.2) is 0 Å². The second-order valence-electron chi connectivity index (χ2n) is 6.12. The Morgan fingerprint density at radius 1 is 0.769 bits per heavy atom. The molecular formula is C22H21FN2O. The van der Waals surface area contributed by atoms with E-state index in [1.807, 2.05) is 60.7 Å². The minimum absolute atomic E-state index is 0.179. The van der Waals surface area contributed by atoms with Crippen molar-refractivity contribution in [1.82, 2.24) is 10.2 Å². The summed E-state index contributed by atoms with van der Waals surface area (Å²) in [6.45, 7) is 1.30. The molecule has 0 aliphatic carbocycles. The van der Waals surface area contributed by atoms with Crippen molar-refractivity contribution >= 4 is 6.03 Å². The molecule has 0 fully saturated rings. The zero-order valence-corrected chi connectivity index (χ0v) is 14.4. The van der Waals surface area contributed by atoms with Crippen LogP contribution in [-0.4, -0.2) is 10.9 Å². The molecule has 3 nitrogen and oxygen atoms in total. The maximum absolute atomic E-state index is 13.3. The lowest BCUT2D eigenvalue weighted by molar-refractivity contribution is 0.192. The summed E-state index contributed by atoms with van der Waals surface area (Å²) in [6.07, 6.45) is 0. The molecule has 3 aromatic carbocycles. The molecule has 0 saturated carbocycles. The molecule has 2 amide bonds. The molecule has 0 aliphatic rings. The van der Waals surface area contributed by atoms with Crippen molar-refractivity contribution in [1.29, 1.82) is 0 Å². The number of carbonyl (C=O) groups is 1. The highest BCUT2D eigenvalue weighted by Gasteiger charge is 2.14. The number of hydrogen-bond donors (Lipinski definition) is 1. The van der Waals surface area contributed by atoms with E-state index in [4.69, 9.17) is 0 Å². The first kappa shape index (κ1) is 17.7. The standard InChI is InChI=1S/C22H21FN2O/c23-21-13-7-12-20(14-21)15-24-22(26)25(16-18-8-3-1-4-9-18)17-19-10-5-2-6-11-19/h1-14H,15-17H2,(H,24,26). The van der Waals surface area contributed by atoms with Crippen LogP contribution in [0.1, 0.15) is 16.7 Å². The smallest absolute Gasteiger partial charge is 0.318 e. The lowest BCUT2D eigenvalue weighted by Gasteiger charge is -2.23. The van der Waals surface area contributed by atoms with Crippen molar-refractivity contribution in [2.45, 2.75) is 19.6 Å². The summed E-state index contributed by atoms with van der Waals surface area (Å²) in [5, 5.41) is 2.89. The Balaban J connectivity index is 1.70. The van der Waals surface area contributed by atoms with Gasteiger partial charge in [-0.2, -0.15) is 0 Å². The van der Waals surface area contributed by atoms with E-state index in [2.05, 4.69) is 5.32 Å². The van der Waals surface area contributed by atoms with Gasteiger partial charge in [-0.3, -0.25) is 0 Å². The molecule has 3 aromatic rings. The van der Waals surface area contributed by atoms with E-state index in [1.165, 1.54) is 12.1 Å². The molecule has 1 N–H and O–H groups in total. The topological polar surface area (TPSA) is 32.3 Å². The van der Waals surface area contributed by atoms with Gasteiger partial charge in [0.05, 0.1) is 0 Å². The van der Waals surface area contributed by atoms with Crippen LogP contribution in [0.15, 0.2) is 84.9 Å². The average Bonchev–Trinajstić information content (AvgIpc) is 2.67. The first-order valence-corrected chi connectivity index (χ1v) is 8.56. The third-order valence-corrected chi connectivity index (χ3v) is 4.05. The number of hydrogen-bond acceptors (Lipinski definition) is 1. The van der Waals surface area contributed by atoms with Gasteiger partial charge >= 0.3 is 6.03 Å². The molecule has 0 spiro atoms. The van der Waals surface area contributed by atoms with Crippen LogP contribution in [0.25, 0.3) is 0 Å². The second-order valence-corrected chi connectivity index (χ2v) is 6.12. The Morgan fingerprint density at radius 2 is 1.31 bits per heavy atom. The van der Waals surface area contributed by atoms with Crippen LogP contribution in [0.2, 0.25) is 0 Å². The minimum atomic E-state index is -0.304. The largest absolute Gasteiger partial charge is 0.334 e. The third-order valence-electron chi connectivity index (χ3n) is 4.05. The van der Waals surface area contributed by atoms with Crippen molar-refractivity contribution in [3.05, 3.63) is 107 Å². The summed E-state index contributed by atoms with van der Waals surface area (Å²) < 4.78 is 13.3. The first-order valence-electron chi connectivity index (χ1n) is 8.56. The van der Waals surface area contributed by atoms with Crippen LogP contribution in [0, 0.1) is 5.82 Å². The lowest BCUT2D eigenvalue weighted by atomic mass is 10.2. The van der Waals surface area contributed by atoms with E-state index in [0.29, 0.717) is 13.1 Å². The number of rotatable bonds is 6. The van der Waals surface area contributed by atoms with Gasteiger partial charge in [-0.1, -0.05) is 72.8 Å². The van der Waals surface area contributed by atoms with E-state index in [9.17, 15) is 9.18 Å². The molecule has 0 atom stereocenters. The first-order chi connectivity index (χ1) is 12.7. The van der Waals surface area contributed by atoms with E-state index >= 15 is 0 Å². The Hall–Kier alpha value is -3.14. The lowest BCUT2D eigenvalue weighted by Crippen LogP contribution is -2.38. The van der Waals surface area contributed by atoms with Gasteiger partial charge < -0.3 is 10.2 Å². The SMILES string of the molecule is O=C(NCc1cccc(F)c1)N(Cc1ccccc1)Cc1ccccc1. The molecule has 0 saturated heterocycles. The van der Waals surface area contributed by atoms with Crippen LogP contribution in [0.4, 0.5) is 9.18 Å². The summed E-state index contributed by atoms with van der Waals surface area (Å²) in [5.41, 5.74) is 2.85. The molecule has 26 heavy (non-hydrogen) atoms. The molecule has 0 aliphatic heterocycles. The van der Waals surface area contributed by atoms with Gasteiger partial charge in [0, 0.05) is 19.6 Å². The third kappa shape index (κ3) is 5.18. The monoisotopic (exact) mass is 348 g/mol. The summed E-state index contributed by atoms with van der Waals surface area (Å²) in [4.78, 5) is 14.5. The Labute approximate surface area is 153 Å². The van der Waals surface area contributed by atoms with Crippen molar-refractivity contribution < 1.29 is 9.18 Å². The van der Waals surface area contributed by atoms with Gasteiger partial charge in [-0.25, -0.2) is 9.18 Å². The molecule has 0 radical (unpaired) electrons. The van der Waals surface area contributed by atoms with E-state index in [-0.39, 0.29) is 18.4 Å². The Morgan fingerprint density at radius 3 is 1.85 bits per heavy atom. The van der Waals surface area contributed by atoms with Gasteiger partial charge in [-0.15, -0.1) is 0 Å². The van der Waals surface area contributed by atoms with Crippen molar-refractivity contribution in [2.75, 3.05) is 0 Å². The fourth-order valence-corrected chi connectivity index (χ4v) is 2.74. The van der Waals surface area contributed by atoms with Crippen LogP contribution >= 0.6 is 0 Å². The number of carbonyl (C=O) groups excluding carboxylic acids is 1. The van der Waals surface area contributed by atoms with Crippen molar-refractivity contribution in [3.63, 3.8) is 0 Å². The van der Waals surface area contributed by atoms with Crippen molar-refractivity contribution in [3.8, 4) is 0 Å². The molecule has 3 rings (SSSR count). The molecular weight excluding hydrogens is 327 g/mol. The Bertz CT molecular complexity index is 796. The fraction of sp³-hybridized carbons (Fsp3) is 0.136.